The fourth-order valence-electron chi connectivity index (χ4n) is 2.27. The summed E-state index contributed by atoms with van der Waals surface area (Å²) in [7, 11) is 0. The lowest BCUT2D eigenvalue weighted by Crippen LogP contribution is -2.33. The van der Waals surface area contributed by atoms with E-state index in [2.05, 4.69) is 0 Å². The Bertz CT molecular complexity index is 286. The first-order chi connectivity index (χ1) is 7.86. The summed E-state index contributed by atoms with van der Waals surface area (Å²) < 4.78 is 5.35. The van der Waals surface area contributed by atoms with Gasteiger partial charge in [-0.15, -0.1) is 11.8 Å². The number of nitrogens with two attached hydrogens (primary N) is 1. The third-order valence-corrected chi connectivity index (χ3v) is 4.74. The zero-order chi connectivity index (χ0) is 11.2. The second-order valence-electron chi connectivity index (χ2n) is 4.58. The lowest BCUT2D eigenvalue weighted by molar-refractivity contribution is 0.462. The van der Waals surface area contributed by atoms with Crippen molar-refractivity contribution in [3.63, 3.8) is 0 Å². The maximum Gasteiger partial charge on any atom is 0.113 e. The van der Waals surface area contributed by atoms with Crippen LogP contribution in [0.15, 0.2) is 22.8 Å². The molecule has 1 aromatic rings. The minimum Gasteiger partial charge on any atom is -0.468 e. The molecule has 0 saturated heterocycles. The Balaban J connectivity index is 1.81. The van der Waals surface area contributed by atoms with Crippen LogP contribution in [0.3, 0.4) is 0 Å². The molecule has 2 atom stereocenters. The molecule has 0 aromatic carbocycles. The summed E-state index contributed by atoms with van der Waals surface area (Å²) in [6.07, 6.45) is 9.59. The Morgan fingerprint density at radius 3 is 2.81 bits per heavy atom. The molecule has 1 saturated carbocycles. The van der Waals surface area contributed by atoms with Crippen molar-refractivity contribution in [2.24, 2.45) is 5.73 Å². The van der Waals surface area contributed by atoms with Gasteiger partial charge in [-0.05, 0) is 25.0 Å². The molecule has 1 aliphatic carbocycles. The highest BCUT2D eigenvalue weighted by Gasteiger charge is 2.19. The average molecular weight is 239 g/mol. The lowest BCUT2D eigenvalue weighted by Gasteiger charge is -2.25. The molecule has 16 heavy (non-hydrogen) atoms. The van der Waals surface area contributed by atoms with Crippen molar-refractivity contribution in [1.82, 2.24) is 0 Å². The van der Waals surface area contributed by atoms with Crippen molar-refractivity contribution in [2.75, 3.05) is 0 Å². The average Bonchev–Trinajstić information content (AvgIpc) is 2.76. The van der Waals surface area contributed by atoms with Gasteiger partial charge in [0.1, 0.15) is 5.76 Å². The fraction of sp³-hybridized carbons (Fsp3) is 0.692. The van der Waals surface area contributed by atoms with Crippen LogP contribution in [-0.2, 0) is 5.75 Å². The summed E-state index contributed by atoms with van der Waals surface area (Å²) in [6, 6.07) is 4.37. The van der Waals surface area contributed by atoms with Gasteiger partial charge < -0.3 is 10.2 Å². The molecule has 0 radical (unpaired) electrons. The molecule has 0 bridgehead atoms. The summed E-state index contributed by atoms with van der Waals surface area (Å²) >= 11 is 1.97. The first-order valence-electron chi connectivity index (χ1n) is 6.26. The molecule has 0 aliphatic heterocycles. The number of hydrogen-bond acceptors (Lipinski definition) is 3. The number of rotatable bonds is 3. The first kappa shape index (κ1) is 12.1. The van der Waals surface area contributed by atoms with Crippen LogP contribution in [0.25, 0.3) is 0 Å². The minimum absolute atomic E-state index is 0.375. The van der Waals surface area contributed by atoms with Crippen LogP contribution < -0.4 is 5.73 Å². The van der Waals surface area contributed by atoms with Crippen LogP contribution in [0, 0.1) is 0 Å². The Hall–Kier alpha value is -0.410. The van der Waals surface area contributed by atoms with Crippen LogP contribution >= 0.6 is 11.8 Å². The number of furan rings is 1. The van der Waals surface area contributed by atoms with Gasteiger partial charge in [-0.25, -0.2) is 0 Å². The van der Waals surface area contributed by atoms with Crippen molar-refractivity contribution < 1.29 is 4.42 Å². The highest BCUT2D eigenvalue weighted by Crippen LogP contribution is 2.28. The molecule has 2 unspecified atom stereocenters. The van der Waals surface area contributed by atoms with Crippen LogP contribution in [-0.4, -0.2) is 11.3 Å². The largest absolute Gasteiger partial charge is 0.468 e. The maximum atomic E-state index is 6.24. The zero-order valence-corrected chi connectivity index (χ0v) is 10.5. The third kappa shape index (κ3) is 3.56. The Morgan fingerprint density at radius 1 is 1.25 bits per heavy atom. The molecular formula is C13H21NOS. The molecule has 1 heterocycles. The van der Waals surface area contributed by atoms with E-state index in [1.54, 1.807) is 6.26 Å². The van der Waals surface area contributed by atoms with Gasteiger partial charge in [0, 0.05) is 11.3 Å². The second-order valence-corrected chi connectivity index (χ2v) is 5.81. The Morgan fingerprint density at radius 2 is 2.06 bits per heavy atom. The SMILES string of the molecule is NC1CCCCCCC1SCc1ccco1. The van der Waals surface area contributed by atoms with Gasteiger partial charge in [0.15, 0.2) is 0 Å². The summed E-state index contributed by atoms with van der Waals surface area (Å²) in [6.45, 7) is 0. The van der Waals surface area contributed by atoms with Crippen molar-refractivity contribution in [3.8, 4) is 0 Å². The molecule has 0 amide bonds. The number of hydrogen-bond donors (Lipinski definition) is 1. The van der Waals surface area contributed by atoms with Gasteiger partial charge in [-0.3, -0.25) is 0 Å². The molecule has 0 spiro atoms. The smallest absolute Gasteiger partial charge is 0.113 e. The second kappa shape index (κ2) is 6.36. The van der Waals surface area contributed by atoms with Crippen LogP contribution in [0.4, 0.5) is 0 Å². The summed E-state index contributed by atoms with van der Waals surface area (Å²) in [5, 5.41) is 0.616. The van der Waals surface area contributed by atoms with E-state index in [1.165, 1.54) is 38.5 Å². The van der Waals surface area contributed by atoms with E-state index in [4.69, 9.17) is 10.2 Å². The molecule has 3 heteroatoms. The van der Waals surface area contributed by atoms with E-state index < -0.39 is 0 Å². The van der Waals surface area contributed by atoms with Gasteiger partial charge in [0.05, 0.1) is 12.0 Å². The molecule has 1 fully saturated rings. The van der Waals surface area contributed by atoms with E-state index in [9.17, 15) is 0 Å². The normalized spacial score (nSPS) is 27.3. The van der Waals surface area contributed by atoms with Crippen LogP contribution in [0.5, 0.6) is 0 Å². The van der Waals surface area contributed by atoms with Crippen molar-refractivity contribution in [1.29, 1.82) is 0 Å². The predicted octanol–water partition coefficient (Wildman–Crippen LogP) is 3.56. The maximum absolute atomic E-state index is 6.24. The summed E-state index contributed by atoms with van der Waals surface area (Å²) in [5.41, 5.74) is 6.24. The van der Waals surface area contributed by atoms with Gasteiger partial charge in [0.25, 0.3) is 0 Å². The Kier molecular flexibility index (Phi) is 4.79. The van der Waals surface area contributed by atoms with E-state index >= 15 is 0 Å². The molecule has 2 rings (SSSR count). The highest BCUT2D eigenvalue weighted by atomic mass is 32.2. The quantitative estimate of drug-likeness (QED) is 0.876. The van der Waals surface area contributed by atoms with Crippen molar-refractivity contribution in [3.05, 3.63) is 24.2 Å². The van der Waals surface area contributed by atoms with Gasteiger partial charge in [0.2, 0.25) is 0 Å². The van der Waals surface area contributed by atoms with Crippen molar-refractivity contribution >= 4 is 11.8 Å². The van der Waals surface area contributed by atoms with Gasteiger partial charge in [-0.1, -0.05) is 25.7 Å². The van der Waals surface area contributed by atoms with Crippen LogP contribution in [0.1, 0.15) is 44.3 Å². The van der Waals surface area contributed by atoms with Gasteiger partial charge in [-0.2, -0.15) is 0 Å². The monoisotopic (exact) mass is 239 g/mol. The van der Waals surface area contributed by atoms with Crippen molar-refractivity contribution in [2.45, 2.75) is 55.6 Å². The molecule has 2 N–H and O–H groups in total. The summed E-state index contributed by atoms with van der Waals surface area (Å²) in [4.78, 5) is 0. The van der Waals surface area contributed by atoms with Crippen LogP contribution in [0.2, 0.25) is 0 Å². The molecule has 2 nitrogen and oxygen atoms in total. The highest BCUT2D eigenvalue weighted by molar-refractivity contribution is 7.99. The predicted molar refractivity (Wildman–Crippen MR) is 69.5 cm³/mol. The lowest BCUT2D eigenvalue weighted by atomic mass is 9.97. The molecular weight excluding hydrogens is 218 g/mol. The molecule has 1 aromatic heterocycles. The van der Waals surface area contributed by atoms with Gasteiger partial charge >= 0.3 is 0 Å². The Labute approximate surface area is 102 Å². The van der Waals surface area contributed by atoms with E-state index in [0.717, 1.165) is 11.5 Å². The topological polar surface area (TPSA) is 39.2 Å². The van der Waals surface area contributed by atoms with E-state index in [0.29, 0.717) is 11.3 Å². The molecule has 1 aliphatic rings. The third-order valence-electron chi connectivity index (χ3n) is 3.27. The van der Waals surface area contributed by atoms with E-state index in [1.807, 2.05) is 23.9 Å². The first-order valence-corrected chi connectivity index (χ1v) is 7.31. The standard InChI is InChI=1S/C13H21NOS/c14-12-7-3-1-2-4-8-13(12)16-10-11-6-5-9-15-11/h5-6,9,12-13H,1-4,7-8,10,14H2. The molecule has 90 valence electrons. The minimum atomic E-state index is 0.375. The zero-order valence-electron chi connectivity index (χ0n) is 9.73. The summed E-state index contributed by atoms with van der Waals surface area (Å²) in [5.74, 6) is 2.03. The number of thioether (sulfide) groups is 1. The van der Waals surface area contributed by atoms with E-state index in [-0.39, 0.29) is 0 Å². The fourth-order valence-corrected chi connectivity index (χ4v) is 3.53.